The van der Waals surface area contributed by atoms with Gasteiger partial charge in [0.15, 0.2) is 0 Å². The van der Waals surface area contributed by atoms with Gasteiger partial charge >= 0.3 is 0 Å². The van der Waals surface area contributed by atoms with Crippen molar-refractivity contribution in [1.29, 1.82) is 0 Å². The van der Waals surface area contributed by atoms with Crippen molar-refractivity contribution in [2.45, 2.75) is 33.3 Å². The molecule has 0 atom stereocenters. The van der Waals surface area contributed by atoms with Crippen LogP contribution in [0.3, 0.4) is 0 Å². The Morgan fingerprint density at radius 3 is 2.55 bits per heavy atom. The van der Waals surface area contributed by atoms with E-state index in [4.69, 9.17) is 16.3 Å². The maximum absolute atomic E-state index is 11.1. The third-order valence-electron chi connectivity index (χ3n) is 2.69. The predicted molar refractivity (Wildman–Crippen MR) is 89.4 cm³/mol. The average Bonchev–Trinajstić information content (AvgIpc) is 2.35. The first-order valence-corrected chi connectivity index (χ1v) is 7.34. The van der Waals surface area contributed by atoms with E-state index in [0.717, 1.165) is 11.1 Å². The molecule has 0 aliphatic heterocycles. The number of amides is 1. The van der Waals surface area contributed by atoms with Crippen LogP contribution in [0.1, 0.15) is 27.7 Å². The molecule has 0 bridgehead atoms. The Morgan fingerprint density at radius 1 is 1.18 bits per heavy atom. The third kappa shape index (κ3) is 4.74. The lowest BCUT2D eigenvalue weighted by Crippen LogP contribution is -2.22. The van der Waals surface area contributed by atoms with Gasteiger partial charge in [0.2, 0.25) is 5.91 Å². The Labute approximate surface area is 135 Å². The number of hydrogen-bond acceptors (Lipinski definition) is 3. The minimum absolute atomic E-state index is 0.160. The monoisotopic (exact) mass is 318 g/mol. The highest BCUT2D eigenvalue weighted by Gasteiger charge is 2.13. The van der Waals surface area contributed by atoms with E-state index < -0.39 is 0 Å². The van der Waals surface area contributed by atoms with Crippen molar-refractivity contribution in [2.24, 2.45) is 0 Å². The molecule has 1 N–H and O–H groups in total. The highest BCUT2D eigenvalue weighted by molar-refractivity contribution is 6.31. The standard InChI is InChI=1S/C17H19ClN2O2/c1-11(21)20-16-9-12(5-6-19-16)13-7-14(18)10-15(8-13)22-17(2,3)4/h5-10H,1-4H3,(H,19,20,21). The molecular formula is C17H19ClN2O2. The average molecular weight is 319 g/mol. The summed E-state index contributed by atoms with van der Waals surface area (Å²) in [5.74, 6) is 1.05. The number of anilines is 1. The highest BCUT2D eigenvalue weighted by Crippen LogP contribution is 2.31. The summed E-state index contributed by atoms with van der Waals surface area (Å²) in [6.45, 7) is 7.39. The van der Waals surface area contributed by atoms with Gasteiger partial charge in [-0.1, -0.05) is 11.6 Å². The number of halogens is 1. The van der Waals surface area contributed by atoms with Gasteiger partial charge in [-0.05, 0) is 62.2 Å². The van der Waals surface area contributed by atoms with Crippen LogP contribution in [0.2, 0.25) is 5.02 Å². The first kappa shape index (κ1) is 16.3. The van der Waals surface area contributed by atoms with Gasteiger partial charge in [0.25, 0.3) is 0 Å². The Balaban J connectivity index is 2.38. The molecule has 1 amide bonds. The van der Waals surface area contributed by atoms with Gasteiger partial charge in [0.05, 0.1) is 0 Å². The van der Waals surface area contributed by atoms with Crippen molar-refractivity contribution in [3.8, 4) is 16.9 Å². The summed E-state index contributed by atoms with van der Waals surface area (Å²) in [6, 6.07) is 9.21. The lowest BCUT2D eigenvalue weighted by atomic mass is 10.1. The second-order valence-corrected chi connectivity index (χ2v) is 6.44. The van der Waals surface area contributed by atoms with E-state index in [-0.39, 0.29) is 11.5 Å². The summed E-state index contributed by atoms with van der Waals surface area (Å²) in [6.07, 6.45) is 1.64. The zero-order valence-corrected chi connectivity index (χ0v) is 13.9. The summed E-state index contributed by atoms with van der Waals surface area (Å²) in [5.41, 5.74) is 1.50. The molecule has 0 fully saturated rings. The maximum Gasteiger partial charge on any atom is 0.222 e. The molecule has 0 saturated carbocycles. The fourth-order valence-electron chi connectivity index (χ4n) is 2.00. The van der Waals surface area contributed by atoms with E-state index in [0.29, 0.717) is 16.6 Å². The van der Waals surface area contributed by atoms with Gasteiger partial charge in [0.1, 0.15) is 17.2 Å². The number of aromatic nitrogens is 1. The number of hydrogen-bond donors (Lipinski definition) is 1. The fraction of sp³-hybridized carbons (Fsp3) is 0.294. The van der Waals surface area contributed by atoms with Crippen molar-refractivity contribution in [2.75, 3.05) is 5.32 Å². The molecule has 1 aromatic heterocycles. The molecule has 5 heteroatoms. The van der Waals surface area contributed by atoms with Crippen LogP contribution in [-0.2, 0) is 4.79 Å². The van der Waals surface area contributed by atoms with E-state index >= 15 is 0 Å². The van der Waals surface area contributed by atoms with Crippen LogP contribution in [0, 0.1) is 0 Å². The van der Waals surface area contributed by atoms with Crippen molar-refractivity contribution in [3.63, 3.8) is 0 Å². The zero-order chi connectivity index (χ0) is 16.3. The predicted octanol–water partition coefficient (Wildman–Crippen LogP) is 4.54. The van der Waals surface area contributed by atoms with Crippen LogP contribution in [0.4, 0.5) is 5.82 Å². The molecule has 1 heterocycles. The molecule has 0 saturated heterocycles. The van der Waals surface area contributed by atoms with Crippen molar-refractivity contribution in [3.05, 3.63) is 41.6 Å². The molecule has 22 heavy (non-hydrogen) atoms. The number of ether oxygens (including phenoxy) is 1. The normalized spacial score (nSPS) is 11.1. The zero-order valence-electron chi connectivity index (χ0n) is 13.1. The third-order valence-corrected chi connectivity index (χ3v) is 2.91. The van der Waals surface area contributed by atoms with Crippen molar-refractivity contribution in [1.82, 2.24) is 4.98 Å². The summed E-state index contributed by atoms with van der Waals surface area (Å²) in [4.78, 5) is 15.2. The number of pyridine rings is 1. The first-order chi connectivity index (χ1) is 10.2. The number of nitrogens with one attached hydrogen (secondary N) is 1. The summed E-state index contributed by atoms with van der Waals surface area (Å²) in [5, 5.41) is 3.26. The second kappa shape index (κ2) is 6.36. The number of carbonyl (C=O) groups excluding carboxylic acids is 1. The molecule has 1 aromatic carbocycles. The number of benzene rings is 1. The van der Waals surface area contributed by atoms with E-state index in [1.165, 1.54) is 6.92 Å². The number of carbonyl (C=O) groups is 1. The molecule has 0 aliphatic rings. The van der Waals surface area contributed by atoms with Crippen LogP contribution in [0.5, 0.6) is 5.75 Å². The van der Waals surface area contributed by atoms with Gasteiger partial charge in [0, 0.05) is 18.1 Å². The van der Waals surface area contributed by atoms with Gasteiger partial charge in [-0.2, -0.15) is 0 Å². The molecule has 0 radical (unpaired) electrons. The minimum atomic E-state index is -0.304. The van der Waals surface area contributed by atoms with Crippen LogP contribution < -0.4 is 10.1 Å². The van der Waals surface area contributed by atoms with Crippen LogP contribution in [-0.4, -0.2) is 16.5 Å². The molecule has 4 nitrogen and oxygen atoms in total. The van der Waals surface area contributed by atoms with E-state index in [9.17, 15) is 4.79 Å². The van der Waals surface area contributed by atoms with Gasteiger partial charge in [-0.3, -0.25) is 4.79 Å². The molecule has 2 rings (SSSR count). The van der Waals surface area contributed by atoms with E-state index in [1.54, 1.807) is 18.3 Å². The molecule has 0 aliphatic carbocycles. The summed E-state index contributed by atoms with van der Waals surface area (Å²) in [7, 11) is 0. The van der Waals surface area contributed by atoms with Gasteiger partial charge in [-0.15, -0.1) is 0 Å². The van der Waals surface area contributed by atoms with Gasteiger partial charge < -0.3 is 10.1 Å². The summed E-state index contributed by atoms with van der Waals surface area (Å²) < 4.78 is 5.87. The Kier molecular flexibility index (Phi) is 4.71. The Hall–Kier alpha value is -2.07. The highest BCUT2D eigenvalue weighted by atomic mass is 35.5. The van der Waals surface area contributed by atoms with E-state index in [1.807, 2.05) is 39.0 Å². The largest absolute Gasteiger partial charge is 0.488 e. The van der Waals surface area contributed by atoms with Gasteiger partial charge in [-0.25, -0.2) is 4.98 Å². The van der Waals surface area contributed by atoms with Crippen LogP contribution in [0.25, 0.3) is 11.1 Å². The molecule has 0 unspecified atom stereocenters. The van der Waals surface area contributed by atoms with Crippen LogP contribution >= 0.6 is 11.6 Å². The molecule has 116 valence electrons. The topological polar surface area (TPSA) is 51.2 Å². The number of nitrogens with zero attached hydrogens (tertiary/aromatic N) is 1. The number of rotatable bonds is 3. The smallest absolute Gasteiger partial charge is 0.222 e. The molecular weight excluding hydrogens is 300 g/mol. The molecule has 0 spiro atoms. The minimum Gasteiger partial charge on any atom is -0.488 e. The SMILES string of the molecule is CC(=O)Nc1cc(-c2cc(Cl)cc(OC(C)(C)C)c2)ccn1. The van der Waals surface area contributed by atoms with Crippen molar-refractivity contribution >= 4 is 23.3 Å². The Morgan fingerprint density at radius 2 is 1.91 bits per heavy atom. The fourth-order valence-corrected chi connectivity index (χ4v) is 2.23. The Bertz CT molecular complexity index is 693. The van der Waals surface area contributed by atoms with E-state index in [2.05, 4.69) is 10.3 Å². The maximum atomic E-state index is 11.1. The quantitative estimate of drug-likeness (QED) is 0.904. The summed E-state index contributed by atoms with van der Waals surface area (Å²) >= 11 is 6.19. The lowest BCUT2D eigenvalue weighted by molar-refractivity contribution is -0.114. The van der Waals surface area contributed by atoms with Crippen molar-refractivity contribution < 1.29 is 9.53 Å². The van der Waals surface area contributed by atoms with Crippen LogP contribution in [0.15, 0.2) is 36.5 Å². The first-order valence-electron chi connectivity index (χ1n) is 6.96. The lowest BCUT2D eigenvalue weighted by Gasteiger charge is -2.22. The second-order valence-electron chi connectivity index (χ2n) is 6.00. The molecule has 2 aromatic rings.